The van der Waals surface area contributed by atoms with Gasteiger partial charge in [-0.3, -0.25) is 14.7 Å². The molecule has 6 nitrogen and oxygen atoms in total. The number of rotatable bonds is 2. The summed E-state index contributed by atoms with van der Waals surface area (Å²) in [5.74, 6) is -0.108. The van der Waals surface area contributed by atoms with Gasteiger partial charge in [0.1, 0.15) is 5.54 Å². The summed E-state index contributed by atoms with van der Waals surface area (Å²) in [7, 11) is 0. The van der Waals surface area contributed by atoms with E-state index in [0.29, 0.717) is 12.8 Å². The van der Waals surface area contributed by atoms with Crippen LogP contribution >= 0.6 is 0 Å². The number of carbonyl (C=O) groups excluding carboxylic acids is 2. The van der Waals surface area contributed by atoms with Crippen LogP contribution in [0.3, 0.4) is 0 Å². The van der Waals surface area contributed by atoms with E-state index in [2.05, 4.69) is 15.6 Å². The smallest absolute Gasteiger partial charge is 0.323 e. The van der Waals surface area contributed by atoms with E-state index in [1.165, 1.54) is 4.90 Å². The molecule has 19 heavy (non-hydrogen) atoms. The predicted molar refractivity (Wildman–Crippen MR) is 68.2 cm³/mol. The molecule has 0 aliphatic carbocycles. The zero-order chi connectivity index (χ0) is 13.3. The molecule has 2 N–H and O–H groups in total. The van der Waals surface area contributed by atoms with Crippen LogP contribution in [-0.4, -0.2) is 40.5 Å². The molecule has 0 bridgehead atoms. The van der Waals surface area contributed by atoms with E-state index >= 15 is 0 Å². The Hall–Kier alpha value is -1.95. The highest BCUT2D eigenvalue weighted by atomic mass is 16.2. The van der Waals surface area contributed by atoms with Crippen molar-refractivity contribution >= 4 is 11.9 Å². The second kappa shape index (κ2) is 4.62. The lowest BCUT2D eigenvalue weighted by molar-refractivity contribution is -0.132. The molecule has 2 fully saturated rings. The molecule has 3 heterocycles. The number of piperidine rings is 1. The molecule has 1 spiro atoms. The molecule has 3 rings (SSSR count). The van der Waals surface area contributed by atoms with Crippen LogP contribution in [0.5, 0.6) is 0 Å². The van der Waals surface area contributed by atoms with E-state index in [1.54, 1.807) is 18.5 Å². The molecule has 3 amide bonds. The number of nitrogens with zero attached hydrogens (tertiary/aromatic N) is 2. The van der Waals surface area contributed by atoms with Crippen molar-refractivity contribution in [2.75, 3.05) is 13.1 Å². The molecular weight excluding hydrogens is 244 g/mol. The van der Waals surface area contributed by atoms with Crippen molar-refractivity contribution in [3.05, 3.63) is 30.1 Å². The van der Waals surface area contributed by atoms with Crippen LogP contribution in [-0.2, 0) is 11.3 Å². The predicted octanol–water partition coefficient (Wildman–Crippen LogP) is 0.256. The van der Waals surface area contributed by atoms with Crippen molar-refractivity contribution in [3.63, 3.8) is 0 Å². The van der Waals surface area contributed by atoms with Gasteiger partial charge in [-0.25, -0.2) is 4.79 Å². The summed E-state index contributed by atoms with van der Waals surface area (Å²) in [4.78, 5) is 29.8. The van der Waals surface area contributed by atoms with E-state index in [0.717, 1.165) is 18.7 Å². The summed E-state index contributed by atoms with van der Waals surface area (Å²) in [6, 6.07) is 3.37. The highest BCUT2D eigenvalue weighted by molar-refractivity contribution is 6.07. The fourth-order valence-electron chi connectivity index (χ4n) is 2.69. The Kier molecular flexibility index (Phi) is 2.94. The van der Waals surface area contributed by atoms with Crippen molar-refractivity contribution in [2.24, 2.45) is 0 Å². The van der Waals surface area contributed by atoms with E-state index in [9.17, 15) is 9.59 Å². The van der Waals surface area contributed by atoms with Gasteiger partial charge >= 0.3 is 6.03 Å². The molecule has 2 aliphatic heterocycles. The third-order valence-corrected chi connectivity index (χ3v) is 3.77. The van der Waals surface area contributed by atoms with Crippen molar-refractivity contribution in [3.8, 4) is 0 Å². The van der Waals surface area contributed by atoms with E-state index in [-0.39, 0.29) is 18.5 Å². The fraction of sp³-hybridized carbons (Fsp3) is 0.462. The van der Waals surface area contributed by atoms with Crippen molar-refractivity contribution in [2.45, 2.75) is 24.9 Å². The van der Waals surface area contributed by atoms with Gasteiger partial charge in [-0.1, -0.05) is 6.07 Å². The van der Waals surface area contributed by atoms with Crippen LogP contribution in [0.15, 0.2) is 24.5 Å². The van der Waals surface area contributed by atoms with E-state index < -0.39 is 5.54 Å². The van der Waals surface area contributed by atoms with Crippen molar-refractivity contribution in [1.82, 2.24) is 20.5 Å². The van der Waals surface area contributed by atoms with Crippen LogP contribution in [0.25, 0.3) is 0 Å². The number of amides is 3. The van der Waals surface area contributed by atoms with Crippen LogP contribution in [0.2, 0.25) is 0 Å². The average molecular weight is 260 g/mol. The number of carbonyl (C=O) groups is 2. The zero-order valence-corrected chi connectivity index (χ0v) is 10.6. The van der Waals surface area contributed by atoms with Gasteiger partial charge in [-0.2, -0.15) is 0 Å². The number of nitrogens with one attached hydrogen (secondary N) is 2. The number of hydrogen-bond acceptors (Lipinski definition) is 4. The Morgan fingerprint density at radius 1 is 1.32 bits per heavy atom. The van der Waals surface area contributed by atoms with E-state index in [1.807, 2.05) is 6.07 Å². The van der Waals surface area contributed by atoms with Gasteiger partial charge in [0.05, 0.1) is 6.54 Å². The van der Waals surface area contributed by atoms with Gasteiger partial charge in [0.15, 0.2) is 0 Å². The molecular formula is C13H16N4O2. The van der Waals surface area contributed by atoms with Gasteiger partial charge in [0.25, 0.3) is 5.91 Å². The Bertz CT molecular complexity index is 497. The third-order valence-electron chi connectivity index (χ3n) is 3.77. The van der Waals surface area contributed by atoms with Crippen LogP contribution in [0.4, 0.5) is 4.79 Å². The Labute approximate surface area is 111 Å². The second-order valence-electron chi connectivity index (χ2n) is 5.01. The average Bonchev–Trinajstić information content (AvgIpc) is 2.66. The van der Waals surface area contributed by atoms with Gasteiger partial charge in [0.2, 0.25) is 0 Å². The lowest BCUT2D eigenvalue weighted by Crippen LogP contribution is -2.53. The minimum Gasteiger partial charge on any atom is -0.323 e. The summed E-state index contributed by atoms with van der Waals surface area (Å²) in [6.45, 7) is 1.80. The minimum absolute atomic E-state index is 0.108. The van der Waals surface area contributed by atoms with Gasteiger partial charge in [0, 0.05) is 12.4 Å². The van der Waals surface area contributed by atoms with Crippen LogP contribution < -0.4 is 10.6 Å². The number of urea groups is 1. The highest BCUT2D eigenvalue weighted by Crippen LogP contribution is 2.27. The van der Waals surface area contributed by atoms with E-state index in [4.69, 9.17) is 0 Å². The fourth-order valence-corrected chi connectivity index (χ4v) is 2.69. The topological polar surface area (TPSA) is 74.3 Å². The molecule has 2 saturated heterocycles. The van der Waals surface area contributed by atoms with Gasteiger partial charge in [-0.15, -0.1) is 0 Å². The van der Waals surface area contributed by atoms with Crippen LogP contribution in [0.1, 0.15) is 18.4 Å². The van der Waals surface area contributed by atoms with Crippen molar-refractivity contribution in [1.29, 1.82) is 0 Å². The molecule has 1 aromatic heterocycles. The summed E-state index contributed by atoms with van der Waals surface area (Å²) in [5.41, 5.74) is 0.168. The molecule has 2 aliphatic rings. The molecule has 100 valence electrons. The Balaban J connectivity index is 1.79. The lowest BCUT2D eigenvalue weighted by atomic mass is 9.88. The first-order valence-electron chi connectivity index (χ1n) is 6.45. The second-order valence-corrected chi connectivity index (χ2v) is 5.01. The Morgan fingerprint density at radius 3 is 2.79 bits per heavy atom. The first-order chi connectivity index (χ1) is 9.21. The largest absolute Gasteiger partial charge is 0.325 e. The number of hydrogen-bond donors (Lipinski definition) is 2. The molecule has 1 aromatic rings. The zero-order valence-electron chi connectivity index (χ0n) is 10.6. The summed E-state index contributed by atoms with van der Waals surface area (Å²) < 4.78 is 0. The van der Waals surface area contributed by atoms with Crippen molar-refractivity contribution < 1.29 is 9.59 Å². The molecule has 6 heteroatoms. The number of aromatic nitrogens is 1. The SMILES string of the molecule is O=C1NC2(CCNCC2)C(=O)N1Cc1cccnc1. The normalized spacial score (nSPS) is 21.8. The standard InChI is InChI=1S/C13H16N4O2/c18-11-13(3-6-14-7-4-13)16-12(19)17(11)9-10-2-1-5-15-8-10/h1-2,5,8,14H,3-4,6-7,9H2,(H,16,19). The number of pyridine rings is 1. The highest BCUT2D eigenvalue weighted by Gasteiger charge is 2.51. The third kappa shape index (κ3) is 2.08. The number of imide groups is 1. The van der Waals surface area contributed by atoms with Gasteiger partial charge in [-0.05, 0) is 37.6 Å². The molecule has 0 aromatic carbocycles. The van der Waals surface area contributed by atoms with Crippen LogP contribution in [0, 0.1) is 0 Å². The Morgan fingerprint density at radius 2 is 2.11 bits per heavy atom. The monoisotopic (exact) mass is 260 g/mol. The summed E-state index contributed by atoms with van der Waals surface area (Å²) in [5, 5.41) is 6.07. The molecule has 0 atom stereocenters. The first-order valence-corrected chi connectivity index (χ1v) is 6.45. The first kappa shape index (κ1) is 12.1. The maximum atomic E-state index is 12.5. The minimum atomic E-state index is -0.690. The van der Waals surface area contributed by atoms with Gasteiger partial charge < -0.3 is 10.6 Å². The molecule has 0 unspecified atom stereocenters. The molecule has 0 radical (unpaired) electrons. The maximum Gasteiger partial charge on any atom is 0.325 e. The molecule has 0 saturated carbocycles. The summed E-state index contributed by atoms with van der Waals surface area (Å²) >= 11 is 0. The lowest BCUT2D eigenvalue weighted by Gasteiger charge is -2.31. The summed E-state index contributed by atoms with van der Waals surface area (Å²) in [6.07, 6.45) is 4.65. The quantitative estimate of drug-likeness (QED) is 0.748. The maximum absolute atomic E-state index is 12.5.